The summed E-state index contributed by atoms with van der Waals surface area (Å²) in [5.74, 6) is 3.25. The van der Waals surface area contributed by atoms with Gasteiger partial charge in [-0.25, -0.2) is 4.98 Å². The number of amides is 1. The second kappa shape index (κ2) is 13.7. The Hall–Kier alpha value is -4.35. The molecule has 5 rings (SSSR count). The summed E-state index contributed by atoms with van der Waals surface area (Å²) in [6.07, 6.45) is 0.680. The number of thioether (sulfide) groups is 1. The summed E-state index contributed by atoms with van der Waals surface area (Å²) in [5, 5.41) is 12.5. The van der Waals surface area contributed by atoms with E-state index in [0.717, 1.165) is 38.6 Å². The highest BCUT2D eigenvalue weighted by atomic mass is 32.2. The molecular formula is C32H33N5O4S2. The van der Waals surface area contributed by atoms with Gasteiger partial charge in [0.25, 0.3) is 5.91 Å². The van der Waals surface area contributed by atoms with Gasteiger partial charge < -0.3 is 19.1 Å². The first kappa shape index (κ1) is 30.1. The number of benzene rings is 3. The molecule has 11 heteroatoms. The fraction of sp³-hybridized carbons (Fsp3) is 0.250. The van der Waals surface area contributed by atoms with Crippen LogP contribution in [0.25, 0.3) is 17.1 Å². The summed E-state index contributed by atoms with van der Waals surface area (Å²) in [4.78, 5) is 19.5. The van der Waals surface area contributed by atoms with Crippen molar-refractivity contribution in [1.82, 2.24) is 24.6 Å². The van der Waals surface area contributed by atoms with Crippen LogP contribution in [0.1, 0.15) is 26.6 Å². The molecule has 2 aromatic heterocycles. The van der Waals surface area contributed by atoms with Crippen LogP contribution in [0.3, 0.4) is 0 Å². The predicted octanol–water partition coefficient (Wildman–Crippen LogP) is 6.33. The fourth-order valence-corrected chi connectivity index (χ4v) is 6.21. The van der Waals surface area contributed by atoms with E-state index in [1.54, 1.807) is 33.3 Å². The fourth-order valence-electron chi connectivity index (χ4n) is 4.47. The third-order valence-corrected chi connectivity index (χ3v) is 8.85. The lowest BCUT2D eigenvalue weighted by Gasteiger charge is -2.16. The van der Waals surface area contributed by atoms with E-state index in [2.05, 4.69) is 46.4 Å². The van der Waals surface area contributed by atoms with E-state index >= 15 is 0 Å². The Balaban J connectivity index is 1.28. The van der Waals surface area contributed by atoms with E-state index in [9.17, 15) is 4.79 Å². The van der Waals surface area contributed by atoms with Crippen LogP contribution in [0.5, 0.6) is 17.2 Å². The van der Waals surface area contributed by atoms with Crippen molar-refractivity contribution in [2.75, 3.05) is 34.9 Å². The quantitative estimate of drug-likeness (QED) is 0.150. The van der Waals surface area contributed by atoms with Crippen molar-refractivity contribution in [3.8, 4) is 34.3 Å². The zero-order valence-electron chi connectivity index (χ0n) is 24.7. The van der Waals surface area contributed by atoms with E-state index in [1.165, 1.54) is 28.7 Å². The summed E-state index contributed by atoms with van der Waals surface area (Å²) < 4.78 is 18.2. The number of carbonyl (C=O) groups excluding carboxylic acids is 1. The Morgan fingerprint density at radius 3 is 2.49 bits per heavy atom. The lowest BCUT2D eigenvalue weighted by atomic mass is 10.1. The van der Waals surface area contributed by atoms with E-state index in [0.29, 0.717) is 35.9 Å². The maximum Gasteiger partial charge on any atom is 0.273 e. The summed E-state index contributed by atoms with van der Waals surface area (Å²) >= 11 is 3.00. The van der Waals surface area contributed by atoms with E-state index in [4.69, 9.17) is 14.2 Å². The highest BCUT2D eigenvalue weighted by Gasteiger charge is 2.19. The number of thiazole rings is 1. The average Bonchev–Trinajstić information content (AvgIpc) is 3.70. The molecule has 0 atom stereocenters. The van der Waals surface area contributed by atoms with E-state index < -0.39 is 0 Å². The first-order valence-electron chi connectivity index (χ1n) is 13.6. The smallest absolute Gasteiger partial charge is 0.273 e. The molecule has 0 radical (unpaired) electrons. The zero-order chi connectivity index (χ0) is 30.3. The van der Waals surface area contributed by atoms with Crippen LogP contribution < -0.4 is 14.2 Å². The lowest BCUT2D eigenvalue weighted by molar-refractivity contribution is 0.0791. The molecule has 0 saturated carbocycles. The van der Waals surface area contributed by atoms with Crippen molar-refractivity contribution in [2.45, 2.75) is 24.3 Å². The number of rotatable bonds is 12. The molecule has 222 valence electrons. The van der Waals surface area contributed by atoms with Crippen LogP contribution >= 0.6 is 23.1 Å². The Kier molecular flexibility index (Phi) is 9.63. The molecule has 43 heavy (non-hydrogen) atoms. The average molecular weight is 616 g/mol. The number of hydrogen-bond donors (Lipinski definition) is 0. The molecular weight excluding hydrogens is 583 g/mol. The first-order valence-corrected chi connectivity index (χ1v) is 15.5. The van der Waals surface area contributed by atoms with Gasteiger partial charge >= 0.3 is 0 Å². The Morgan fingerprint density at radius 2 is 1.74 bits per heavy atom. The van der Waals surface area contributed by atoms with Crippen molar-refractivity contribution in [3.63, 3.8) is 0 Å². The minimum Gasteiger partial charge on any atom is -0.497 e. The molecule has 1 amide bonds. The standard InChI is InChI=1S/C32H33N5O4S2/c1-21-9-12-24(13-10-21)37-30(23-7-6-8-25(18-23)39-3)34-35-32(37)43-20-29-33-26(19-42-29)31(38)36(2)16-15-22-11-14-27(40-4)28(17-22)41-5/h6-14,17-19H,15-16,20H2,1-5H3. The maximum absolute atomic E-state index is 13.1. The molecule has 0 aliphatic heterocycles. The number of nitrogens with zero attached hydrogens (tertiary/aromatic N) is 5. The molecule has 0 saturated heterocycles. The van der Waals surface area contributed by atoms with Gasteiger partial charge in [0.05, 0.1) is 27.1 Å². The minimum atomic E-state index is -0.115. The number of carbonyl (C=O) groups is 1. The van der Waals surface area contributed by atoms with Crippen molar-refractivity contribution in [3.05, 3.63) is 93.9 Å². The molecule has 0 N–H and O–H groups in total. The monoisotopic (exact) mass is 615 g/mol. The maximum atomic E-state index is 13.1. The van der Waals surface area contributed by atoms with Crippen LogP contribution in [-0.4, -0.2) is 65.5 Å². The van der Waals surface area contributed by atoms with Gasteiger partial charge in [0, 0.05) is 30.2 Å². The van der Waals surface area contributed by atoms with E-state index in [-0.39, 0.29) is 5.91 Å². The van der Waals surface area contributed by atoms with Gasteiger partial charge in [-0.1, -0.05) is 47.7 Å². The van der Waals surface area contributed by atoms with Gasteiger partial charge in [0.2, 0.25) is 0 Å². The zero-order valence-corrected chi connectivity index (χ0v) is 26.4. The Morgan fingerprint density at radius 1 is 0.953 bits per heavy atom. The van der Waals surface area contributed by atoms with Crippen LogP contribution in [0, 0.1) is 6.92 Å². The third-order valence-electron chi connectivity index (χ3n) is 6.88. The molecule has 0 unspecified atom stereocenters. The molecule has 9 nitrogen and oxygen atoms in total. The second-order valence-corrected chi connectivity index (χ2v) is 11.7. The van der Waals surface area contributed by atoms with Gasteiger partial charge in [-0.3, -0.25) is 9.36 Å². The summed E-state index contributed by atoms with van der Waals surface area (Å²) in [6.45, 7) is 2.60. The van der Waals surface area contributed by atoms with Gasteiger partial charge in [0.15, 0.2) is 22.5 Å². The van der Waals surface area contributed by atoms with Crippen molar-refractivity contribution in [1.29, 1.82) is 0 Å². The van der Waals surface area contributed by atoms with Crippen LogP contribution in [0.15, 0.2) is 77.3 Å². The van der Waals surface area contributed by atoms with E-state index in [1.807, 2.05) is 52.4 Å². The SMILES string of the molecule is COc1cccc(-c2nnc(SCc3nc(C(=O)N(C)CCc4ccc(OC)c(OC)c4)cs3)n2-c2ccc(C)cc2)c1. The van der Waals surface area contributed by atoms with Crippen molar-refractivity contribution in [2.24, 2.45) is 0 Å². The largest absolute Gasteiger partial charge is 0.497 e. The summed E-state index contributed by atoms with van der Waals surface area (Å²) in [5.41, 5.74) is 4.52. The normalized spacial score (nSPS) is 10.9. The highest BCUT2D eigenvalue weighted by Crippen LogP contribution is 2.32. The highest BCUT2D eigenvalue weighted by molar-refractivity contribution is 7.98. The molecule has 0 spiro atoms. The van der Waals surface area contributed by atoms with Crippen LogP contribution in [-0.2, 0) is 12.2 Å². The molecule has 3 aromatic carbocycles. The number of aromatic nitrogens is 4. The molecule has 5 aromatic rings. The summed E-state index contributed by atoms with van der Waals surface area (Å²) in [6, 6.07) is 21.8. The number of methoxy groups -OCH3 is 3. The van der Waals surface area contributed by atoms with Crippen molar-refractivity contribution >= 4 is 29.0 Å². The second-order valence-electron chi connectivity index (χ2n) is 9.79. The van der Waals surface area contributed by atoms with Gasteiger partial charge in [-0.2, -0.15) is 0 Å². The van der Waals surface area contributed by atoms with Crippen LogP contribution in [0.2, 0.25) is 0 Å². The molecule has 0 fully saturated rings. The number of hydrogen-bond acceptors (Lipinski definition) is 9. The third kappa shape index (κ3) is 7.00. The Labute approximate surface area is 259 Å². The lowest BCUT2D eigenvalue weighted by Crippen LogP contribution is -2.29. The van der Waals surface area contributed by atoms with Gasteiger partial charge in [-0.05, 0) is 55.3 Å². The minimum absolute atomic E-state index is 0.115. The number of ether oxygens (including phenoxy) is 3. The van der Waals surface area contributed by atoms with Gasteiger partial charge in [-0.15, -0.1) is 21.5 Å². The van der Waals surface area contributed by atoms with Gasteiger partial charge in [0.1, 0.15) is 16.5 Å². The first-order chi connectivity index (χ1) is 20.9. The van der Waals surface area contributed by atoms with Crippen molar-refractivity contribution < 1.29 is 19.0 Å². The molecule has 0 bridgehead atoms. The number of aryl methyl sites for hydroxylation is 1. The molecule has 2 heterocycles. The topological polar surface area (TPSA) is 91.6 Å². The number of likely N-dealkylation sites (N-methyl/N-ethyl adjacent to an activating group) is 1. The summed E-state index contributed by atoms with van der Waals surface area (Å²) in [7, 11) is 6.66. The Bertz CT molecular complexity index is 1700. The predicted molar refractivity (Wildman–Crippen MR) is 170 cm³/mol. The molecule has 0 aliphatic carbocycles. The van der Waals surface area contributed by atoms with Crippen LogP contribution in [0.4, 0.5) is 0 Å². The molecule has 0 aliphatic rings.